The van der Waals surface area contributed by atoms with E-state index in [1.54, 1.807) is 12.1 Å². The van der Waals surface area contributed by atoms with E-state index in [0.717, 1.165) is 29.7 Å². The van der Waals surface area contributed by atoms with E-state index in [2.05, 4.69) is 10.6 Å². The van der Waals surface area contributed by atoms with Crippen LogP contribution in [0.4, 0.5) is 0 Å². The summed E-state index contributed by atoms with van der Waals surface area (Å²) in [4.78, 5) is 34.9. The predicted molar refractivity (Wildman–Crippen MR) is 100 cm³/mol. The van der Waals surface area contributed by atoms with Gasteiger partial charge in [0.05, 0.1) is 4.88 Å². The average molecular weight is 388 g/mol. The van der Waals surface area contributed by atoms with E-state index < -0.39 is 5.97 Å². The van der Waals surface area contributed by atoms with Crippen LogP contribution in [-0.2, 0) is 11.2 Å². The van der Waals surface area contributed by atoms with E-state index in [9.17, 15) is 14.4 Å². The van der Waals surface area contributed by atoms with Crippen LogP contribution < -0.4 is 15.4 Å². The quantitative estimate of drug-likeness (QED) is 0.610. The van der Waals surface area contributed by atoms with Crippen molar-refractivity contribution in [2.75, 3.05) is 13.2 Å². The largest absolute Gasteiger partial charge is 0.484 e. The number of hydrogen-bond acceptors (Lipinski definition) is 5. The van der Waals surface area contributed by atoms with Gasteiger partial charge in [0.25, 0.3) is 11.8 Å². The summed E-state index contributed by atoms with van der Waals surface area (Å²) in [5.41, 5.74) is 1.02. The zero-order valence-corrected chi connectivity index (χ0v) is 15.4. The molecule has 7 nitrogen and oxygen atoms in total. The fourth-order valence-corrected chi connectivity index (χ4v) is 3.14. The monoisotopic (exact) mass is 388 g/mol. The maximum absolute atomic E-state index is 12.0. The van der Waals surface area contributed by atoms with E-state index in [1.807, 2.05) is 12.1 Å². The van der Waals surface area contributed by atoms with Crippen LogP contribution in [0, 0.1) is 0 Å². The van der Waals surface area contributed by atoms with Gasteiger partial charge in [0.1, 0.15) is 10.6 Å². The molecule has 0 bridgehead atoms. The SMILES string of the molecule is O=C(COc1ccc(CCNC(=O)c2ccc(C(=O)O)s2)cc1)NC1CC1. The van der Waals surface area contributed by atoms with Crippen molar-refractivity contribution in [3.05, 3.63) is 51.7 Å². The minimum Gasteiger partial charge on any atom is -0.484 e. The summed E-state index contributed by atoms with van der Waals surface area (Å²) in [6, 6.07) is 10.6. The summed E-state index contributed by atoms with van der Waals surface area (Å²) in [5, 5.41) is 14.5. The number of amides is 2. The molecule has 27 heavy (non-hydrogen) atoms. The Labute approximate surface area is 160 Å². The lowest BCUT2D eigenvalue weighted by molar-refractivity contribution is -0.123. The van der Waals surface area contributed by atoms with Gasteiger partial charge in [-0.3, -0.25) is 9.59 Å². The van der Waals surface area contributed by atoms with Gasteiger partial charge in [-0.05, 0) is 49.1 Å². The van der Waals surface area contributed by atoms with Crippen LogP contribution in [0.2, 0.25) is 0 Å². The summed E-state index contributed by atoms with van der Waals surface area (Å²) in [5.74, 6) is -0.807. The first-order valence-corrected chi connectivity index (χ1v) is 9.45. The van der Waals surface area contributed by atoms with Gasteiger partial charge in [0.15, 0.2) is 6.61 Å². The highest BCUT2D eigenvalue weighted by molar-refractivity contribution is 7.15. The van der Waals surface area contributed by atoms with Crippen LogP contribution in [0.1, 0.15) is 37.7 Å². The minimum atomic E-state index is -1.04. The van der Waals surface area contributed by atoms with E-state index in [4.69, 9.17) is 9.84 Å². The lowest BCUT2D eigenvalue weighted by atomic mass is 10.1. The molecule has 1 heterocycles. The Morgan fingerprint density at radius 2 is 1.78 bits per heavy atom. The molecular formula is C19H20N2O5S. The number of aromatic carboxylic acids is 1. The number of carbonyl (C=O) groups excluding carboxylic acids is 2. The maximum Gasteiger partial charge on any atom is 0.345 e. The molecule has 3 rings (SSSR count). The third-order valence-corrected chi connectivity index (χ3v) is 5.05. The highest BCUT2D eigenvalue weighted by Gasteiger charge is 2.23. The highest BCUT2D eigenvalue weighted by atomic mass is 32.1. The van der Waals surface area contributed by atoms with Crippen LogP contribution in [-0.4, -0.2) is 42.1 Å². The fraction of sp³-hybridized carbons (Fsp3) is 0.316. The van der Waals surface area contributed by atoms with Crippen molar-refractivity contribution in [3.63, 3.8) is 0 Å². The first-order chi connectivity index (χ1) is 13.0. The van der Waals surface area contributed by atoms with Gasteiger partial charge in [-0.25, -0.2) is 4.79 Å². The molecule has 1 fully saturated rings. The predicted octanol–water partition coefficient (Wildman–Crippen LogP) is 2.08. The lowest BCUT2D eigenvalue weighted by Gasteiger charge is -2.08. The number of rotatable bonds is 9. The molecule has 142 valence electrons. The second kappa shape index (κ2) is 8.68. The number of carboxylic acids is 1. The molecular weight excluding hydrogens is 368 g/mol. The van der Waals surface area contributed by atoms with E-state index >= 15 is 0 Å². The Hall–Kier alpha value is -2.87. The van der Waals surface area contributed by atoms with E-state index in [-0.39, 0.29) is 23.3 Å². The Morgan fingerprint density at radius 3 is 2.41 bits per heavy atom. The number of nitrogens with one attached hydrogen (secondary N) is 2. The van der Waals surface area contributed by atoms with Gasteiger partial charge >= 0.3 is 5.97 Å². The number of carbonyl (C=O) groups is 3. The summed E-state index contributed by atoms with van der Waals surface area (Å²) in [7, 11) is 0. The Morgan fingerprint density at radius 1 is 1.07 bits per heavy atom. The first kappa shape index (κ1) is 18.9. The molecule has 0 unspecified atom stereocenters. The van der Waals surface area contributed by atoms with Crippen molar-refractivity contribution in [3.8, 4) is 5.75 Å². The number of benzene rings is 1. The topological polar surface area (TPSA) is 105 Å². The molecule has 0 saturated heterocycles. The van der Waals surface area contributed by atoms with Crippen molar-refractivity contribution in [1.82, 2.24) is 10.6 Å². The summed E-state index contributed by atoms with van der Waals surface area (Å²) in [6.45, 7) is 0.439. The molecule has 2 amide bonds. The summed E-state index contributed by atoms with van der Waals surface area (Å²) in [6.07, 6.45) is 2.72. The molecule has 3 N–H and O–H groups in total. The minimum absolute atomic E-state index is 0.00501. The smallest absolute Gasteiger partial charge is 0.345 e. The van der Waals surface area contributed by atoms with Crippen LogP contribution >= 0.6 is 11.3 Å². The van der Waals surface area contributed by atoms with Crippen molar-refractivity contribution in [2.45, 2.75) is 25.3 Å². The standard InChI is InChI=1S/C19H20N2O5S/c22-17(21-13-3-4-13)11-26-14-5-1-12(2-6-14)9-10-20-18(23)15-7-8-16(27-15)19(24)25/h1-2,5-8,13H,3-4,9-11H2,(H,20,23)(H,21,22)(H,24,25). The second-order valence-corrected chi connectivity index (χ2v) is 7.33. The Balaban J connectivity index is 1.39. The third kappa shape index (κ3) is 5.82. The normalized spacial score (nSPS) is 13.0. The van der Waals surface area contributed by atoms with Crippen LogP contribution in [0.15, 0.2) is 36.4 Å². The molecule has 0 radical (unpaired) electrons. The zero-order chi connectivity index (χ0) is 19.2. The number of carboxylic acid groups (broad SMARTS) is 1. The van der Waals surface area contributed by atoms with Crippen molar-refractivity contribution < 1.29 is 24.2 Å². The van der Waals surface area contributed by atoms with Gasteiger partial charge in [0, 0.05) is 12.6 Å². The number of ether oxygens (including phenoxy) is 1. The van der Waals surface area contributed by atoms with Gasteiger partial charge in [-0.2, -0.15) is 0 Å². The van der Waals surface area contributed by atoms with E-state index in [0.29, 0.717) is 29.6 Å². The molecule has 2 aromatic rings. The first-order valence-electron chi connectivity index (χ1n) is 8.63. The van der Waals surface area contributed by atoms with Crippen LogP contribution in [0.25, 0.3) is 0 Å². The van der Waals surface area contributed by atoms with Gasteiger partial charge in [-0.15, -0.1) is 11.3 Å². The van der Waals surface area contributed by atoms with Crippen LogP contribution in [0.3, 0.4) is 0 Å². The molecule has 1 saturated carbocycles. The van der Waals surface area contributed by atoms with Gasteiger partial charge in [-0.1, -0.05) is 12.1 Å². The maximum atomic E-state index is 12.0. The molecule has 1 aliphatic carbocycles. The molecule has 0 atom stereocenters. The number of hydrogen-bond donors (Lipinski definition) is 3. The fourth-order valence-electron chi connectivity index (χ4n) is 2.38. The number of thiophene rings is 1. The average Bonchev–Trinajstić information content (AvgIpc) is 3.31. The second-order valence-electron chi connectivity index (χ2n) is 6.25. The van der Waals surface area contributed by atoms with Crippen molar-refractivity contribution in [2.24, 2.45) is 0 Å². The molecule has 1 aromatic carbocycles. The molecule has 1 aromatic heterocycles. The highest BCUT2D eigenvalue weighted by Crippen LogP contribution is 2.19. The van der Waals surface area contributed by atoms with Gasteiger partial charge in [0.2, 0.25) is 0 Å². The molecule has 1 aliphatic rings. The third-order valence-electron chi connectivity index (χ3n) is 3.98. The molecule has 8 heteroatoms. The van der Waals surface area contributed by atoms with E-state index in [1.165, 1.54) is 12.1 Å². The van der Waals surface area contributed by atoms with Gasteiger partial charge < -0.3 is 20.5 Å². The summed E-state index contributed by atoms with van der Waals surface area (Å²) >= 11 is 0.952. The van der Waals surface area contributed by atoms with Crippen LogP contribution in [0.5, 0.6) is 5.75 Å². The van der Waals surface area contributed by atoms with Crippen molar-refractivity contribution >= 4 is 29.1 Å². The lowest BCUT2D eigenvalue weighted by Crippen LogP contribution is -2.30. The molecule has 0 spiro atoms. The Bertz CT molecular complexity index is 827. The zero-order valence-electron chi connectivity index (χ0n) is 14.6. The molecule has 0 aliphatic heterocycles. The van der Waals surface area contributed by atoms with Crippen molar-refractivity contribution in [1.29, 1.82) is 0 Å². The Kier molecular flexibility index (Phi) is 6.08. The summed E-state index contributed by atoms with van der Waals surface area (Å²) < 4.78 is 5.45.